The lowest BCUT2D eigenvalue weighted by atomic mass is 10.0. The van der Waals surface area contributed by atoms with Crippen LogP contribution in [0.25, 0.3) is 16.7 Å². The summed E-state index contributed by atoms with van der Waals surface area (Å²) in [5.41, 5.74) is 6.50. The van der Waals surface area contributed by atoms with E-state index >= 15 is 0 Å². The highest BCUT2D eigenvalue weighted by atomic mass is 35.5. The van der Waals surface area contributed by atoms with Crippen LogP contribution < -0.4 is 5.32 Å². The lowest BCUT2D eigenvalue weighted by molar-refractivity contribution is 0.973. The Balaban J connectivity index is 1.86. The fraction of sp³-hybridized carbons (Fsp3) is 0.217. The van der Waals surface area contributed by atoms with Crippen LogP contribution in [0.2, 0.25) is 0 Å². The van der Waals surface area contributed by atoms with Gasteiger partial charge < -0.3 is 5.32 Å². The van der Waals surface area contributed by atoms with E-state index in [9.17, 15) is 5.26 Å². The largest absolute Gasteiger partial charge is 0.371 e. The van der Waals surface area contributed by atoms with Gasteiger partial charge >= 0.3 is 0 Å². The van der Waals surface area contributed by atoms with Gasteiger partial charge in [0.05, 0.1) is 16.6 Å². The number of nitrogens with zero attached hydrogens (tertiary/aromatic N) is 3. The molecule has 0 fully saturated rings. The summed E-state index contributed by atoms with van der Waals surface area (Å²) in [5, 5.41) is 13.4. The van der Waals surface area contributed by atoms with E-state index in [0.29, 0.717) is 23.5 Å². The number of nitrogens with one attached hydrogen (secondary N) is 1. The molecule has 2 heterocycles. The third kappa shape index (κ3) is 3.19. The Kier molecular flexibility index (Phi) is 5.18. The summed E-state index contributed by atoms with van der Waals surface area (Å²) in [4.78, 5) is 4.74. The standard InChI is InChI=1S/C23H21ClN4/c1-16-18(11-13-24)22(26-14-12-17-7-3-2-4-8-17)28-21-10-6-5-9-20(21)27-23(28)19(16)15-25/h2-10,26H,11-14H2,1H3. The molecule has 0 spiro atoms. The van der Waals surface area contributed by atoms with Gasteiger partial charge in [-0.2, -0.15) is 5.26 Å². The van der Waals surface area contributed by atoms with Gasteiger partial charge in [0, 0.05) is 12.4 Å². The molecule has 4 aromatic rings. The number of benzene rings is 2. The number of hydrogen-bond acceptors (Lipinski definition) is 3. The molecule has 0 bridgehead atoms. The van der Waals surface area contributed by atoms with Gasteiger partial charge in [0.2, 0.25) is 0 Å². The SMILES string of the molecule is Cc1c(CCCl)c(NCCc2ccccc2)n2c(nc3ccccc32)c1C#N. The first kappa shape index (κ1) is 18.3. The molecule has 0 radical (unpaired) electrons. The maximum atomic E-state index is 9.79. The fourth-order valence-corrected chi connectivity index (χ4v) is 3.93. The van der Waals surface area contributed by atoms with E-state index in [1.54, 1.807) is 0 Å². The van der Waals surface area contributed by atoms with E-state index in [1.165, 1.54) is 5.56 Å². The van der Waals surface area contributed by atoms with Crippen molar-refractivity contribution in [1.82, 2.24) is 9.38 Å². The Morgan fingerprint density at radius 1 is 1.07 bits per heavy atom. The highest BCUT2D eigenvalue weighted by Gasteiger charge is 2.20. The maximum Gasteiger partial charge on any atom is 0.157 e. The van der Waals surface area contributed by atoms with Crippen molar-refractivity contribution in [1.29, 1.82) is 5.26 Å². The predicted octanol–water partition coefficient (Wildman–Crippen LogP) is 5.10. The van der Waals surface area contributed by atoms with Crippen LogP contribution >= 0.6 is 11.6 Å². The minimum Gasteiger partial charge on any atom is -0.371 e. The molecule has 28 heavy (non-hydrogen) atoms. The summed E-state index contributed by atoms with van der Waals surface area (Å²) in [6.07, 6.45) is 1.60. The molecule has 0 aliphatic rings. The Morgan fingerprint density at radius 3 is 2.57 bits per heavy atom. The molecule has 0 amide bonds. The monoisotopic (exact) mass is 388 g/mol. The Morgan fingerprint density at radius 2 is 1.82 bits per heavy atom. The van der Waals surface area contributed by atoms with Crippen LogP contribution in [-0.4, -0.2) is 21.8 Å². The quantitative estimate of drug-likeness (QED) is 0.467. The normalized spacial score (nSPS) is 11.0. The zero-order valence-corrected chi connectivity index (χ0v) is 16.5. The van der Waals surface area contributed by atoms with Crippen molar-refractivity contribution in [2.45, 2.75) is 19.8 Å². The van der Waals surface area contributed by atoms with E-state index in [4.69, 9.17) is 16.6 Å². The smallest absolute Gasteiger partial charge is 0.157 e. The number of pyridine rings is 1. The minimum absolute atomic E-state index is 0.497. The fourth-order valence-electron chi connectivity index (χ4n) is 3.74. The molecule has 5 heteroatoms. The number of para-hydroxylation sites is 2. The number of nitriles is 1. The molecule has 2 aromatic heterocycles. The summed E-state index contributed by atoms with van der Waals surface area (Å²) in [5.74, 6) is 1.48. The van der Waals surface area contributed by atoms with Gasteiger partial charge in [-0.3, -0.25) is 4.40 Å². The van der Waals surface area contributed by atoms with Gasteiger partial charge in [0.25, 0.3) is 0 Å². The molecular weight excluding hydrogens is 368 g/mol. The molecule has 0 saturated heterocycles. The molecule has 4 nitrogen and oxygen atoms in total. The molecule has 0 saturated carbocycles. The number of hydrogen-bond donors (Lipinski definition) is 1. The van der Waals surface area contributed by atoms with Crippen LogP contribution in [-0.2, 0) is 12.8 Å². The third-order valence-corrected chi connectivity index (χ3v) is 5.32. The Bertz CT molecular complexity index is 1170. The molecule has 140 valence electrons. The maximum absolute atomic E-state index is 9.79. The lowest BCUT2D eigenvalue weighted by Gasteiger charge is -2.18. The minimum atomic E-state index is 0.497. The van der Waals surface area contributed by atoms with Crippen molar-refractivity contribution in [3.63, 3.8) is 0 Å². The number of alkyl halides is 1. The van der Waals surface area contributed by atoms with Crippen LogP contribution in [0.4, 0.5) is 5.82 Å². The molecule has 1 N–H and O–H groups in total. The molecular formula is C23H21ClN4. The van der Waals surface area contributed by atoms with E-state index in [1.807, 2.05) is 37.3 Å². The first-order valence-corrected chi connectivity index (χ1v) is 9.94. The van der Waals surface area contributed by atoms with Crippen LogP contribution in [0.15, 0.2) is 54.6 Å². The molecule has 0 aliphatic heterocycles. The summed E-state index contributed by atoms with van der Waals surface area (Å²) in [6.45, 7) is 2.77. The topological polar surface area (TPSA) is 53.1 Å². The first-order valence-electron chi connectivity index (χ1n) is 9.41. The number of fused-ring (bicyclic) bond motifs is 3. The second kappa shape index (κ2) is 7.92. The van der Waals surface area contributed by atoms with Gasteiger partial charge in [0.1, 0.15) is 11.9 Å². The molecule has 0 atom stereocenters. The Labute approximate surface area is 169 Å². The van der Waals surface area contributed by atoms with Crippen LogP contribution in [0.3, 0.4) is 0 Å². The van der Waals surface area contributed by atoms with Crippen molar-refractivity contribution in [3.8, 4) is 6.07 Å². The van der Waals surface area contributed by atoms with Crippen molar-refractivity contribution in [2.24, 2.45) is 0 Å². The Hall–Kier alpha value is -3.03. The number of halogens is 1. The predicted molar refractivity (Wildman–Crippen MR) is 115 cm³/mol. The van der Waals surface area contributed by atoms with E-state index in [2.05, 4.69) is 40.1 Å². The molecule has 2 aromatic carbocycles. The number of anilines is 1. The van der Waals surface area contributed by atoms with Gasteiger partial charge in [-0.15, -0.1) is 11.6 Å². The second-order valence-corrected chi connectivity index (χ2v) is 7.18. The van der Waals surface area contributed by atoms with Crippen molar-refractivity contribution in [2.75, 3.05) is 17.7 Å². The number of imidazole rings is 1. The van der Waals surface area contributed by atoms with Gasteiger partial charge in [-0.1, -0.05) is 42.5 Å². The van der Waals surface area contributed by atoms with Gasteiger partial charge in [-0.25, -0.2) is 4.98 Å². The van der Waals surface area contributed by atoms with Gasteiger partial charge in [0.15, 0.2) is 5.65 Å². The number of rotatable bonds is 6. The second-order valence-electron chi connectivity index (χ2n) is 6.80. The third-order valence-electron chi connectivity index (χ3n) is 5.13. The van der Waals surface area contributed by atoms with Crippen molar-refractivity contribution < 1.29 is 0 Å². The lowest BCUT2D eigenvalue weighted by Crippen LogP contribution is -2.14. The highest BCUT2D eigenvalue weighted by molar-refractivity contribution is 6.18. The van der Waals surface area contributed by atoms with Gasteiger partial charge in [-0.05, 0) is 48.6 Å². The summed E-state index contributed by atoms with van der Waals surface area (Å²) >= 11 is 6.11. The van der Waals surface area contributed by atoms with Crippen molar-refractivity contribution >= 4 is 34.1 Å². The van der Waals surface area contributed by atoms with Crippen LogP contribution in [0.5, 0.6) is 0 Å². The van der Waals surface area contributed by atoms with Crippen LogP contribution in [0, 0.1) is 18.3 Å². The first-order chi connectivity index (χ1) is 13.7. The zero-order valence-electron chi connectivity index (χ0n) is 15.7. The summed E-state index contributed by atoms with van der Waals surface area (Å²) in [6, 6.07) is 20.7. The molecule has 4 rings (SSSR count). The highest BCUT2D eigenvalue weighted by Crippen LogP contribution is 2.31. The molecule has 0 aliphatic carbocycles. The average Bonchev–Trinajstić information content (AvgIpc) is 3.10. The van der Waals surface area contributed by atoms with E-state index in [-0.39, 0.29) is 0 Å². The van der Waals surface area contributed by atoms with E-state index in [0.717, 1.165) is 40.9 Å². The van der Waals surface area contributed by atoms with Crippen molar-refractivity contribution in [3.05, 3.63) is 76.9 Å². The summed E-state index contributed by atoms with van der Waals surface area (Å²) < 4.78 is 2.08. The van der Waals surface area contributed by atoms with E-state index < -0.39 is 0 Å². The average molecular weight is 389 g/mol. The number of aromatic nitrogens is 2. The van der Waals surface area contributed by atoms with Crippen LogP contribution in [0.1, 0.15) is 22.3 Å². The molecule has 0 unspecified atom stereocenters. The zero-order chi connectivity index (χ0) is 19.5. The summed E-state index contributed by atoms with van der Waals surface area (Å²) in [7, 11) is 0.